The van der Waals surface area contributed by atoms with Gasteiger partial charge in [0, 0.05) is 11.6 Å². The van der Waals surface area contributed by atoms with Crippen molar-refractivity contribution >= 4 is 58.2 Å². The number of hydrogen-bond acceptors (Lipinski definition) is 6. The number of nitro benzene ring substituents is 1. The number of anilines is 1. The average Bonchev–Trinajstić information content (AvgIpc) is 3.21. The molecule has 0 saturated carbocycles. The van der Waals surface area contributed by atoms with Gasteiger partial charge in [-0.3, -0.25) is 29.9 Å². The third kappa shape index (κ3) is 4.01. The topological polar surface area (TPSA) is 106 Å². The Bertz CT molecular complexity index is 1320. The first-order valence-corrected chi connectivity index (χ1v) is 9.74. The number of nitro groups is 1. The lowest BCUT2D eigenvalue weighted by molar-refractivity contribution is -0.384. The molecule has 11 heteroatoms. The van der Waals surface area contributed by atoms with Crippen molar-refractivity contribution in [1.82, 2.24) is 5.32 Å². The lowest BCUT2D eigenvalue weighted by Gasteiger charge is -2.28. The van der Waals surface area contributed by atoms with E-state index in [1.165, 1.54) is 48.5 Å². The van der Waals surface area contributed by atoms with Crippen molar-refractivity contribution in [3.05, 3.63) is 86.9 Å². The molecule has 4 rings (SSSR count). The molecule has 2 amide bonds. The smallest absolute Gasteiger partial charge is 0.288 e. The average molecular weight is 472 g/mol. The molecule has 0 radical (unpaired) electrons. The molecule has 0 atom stereocenters. The normalized spacial score (nSPS) is 15.2. The fraction of sp³-hybridized carbons (Fsp3) is 0. The molecule has 2 aromatic carbocycles. The van der Waals surface area contributed by atoms with E-state index in [2.05, 4.69) is 5.32 Å². The Morgan fingerprint density at radius 1 is 1.12 bits per heavy atom. The number of halogens is 2. The van der Waals surface area contributed by atoms with Gasteiger partial charge in [0.15, 0.2) is 5.11 Å². The van der Waals surface area contributed by atoms with Gasteiger partial charge in [0.05, 0.1) is 10.6 Å². The second-order valence-corrected chi connectivity index (χ2v) is 7.35. The number of furan rings is 1. The first kappa shape index (κ1) is 21.3. The first-order chi connectivity index (χ1) is 15.2. The molecule has 1 fully saturated rings. The van der Waals surface area contributed by atoms with Crippen LogP contribution in [-0.2, 0) is 9.59 Å². The van der Waals surface area contributed by atoms with Crippen LogP contribution in [0, 0.1) is 15.9 Å². The molecule has 2 heterocycles. The maximum atomic E-state index is 13.2. The molecular weight excluding hydrogens is 461 g/mol. The van der Waals surface area contributed by atoms with Gasteiger partial charge in [0.25, 0.3) is 17.5 Å². The Balaban J connectivity index is 1.67. The van der Waals surface area contributed by atoms with Crippen LogP contribution in [0.15, 0.2) is 64.6 Å². The van der Waals surface area contributed by atoms with E-state index in [4.69, 9.17) is 28.2 Å². The van der Waals surface area contributed by atoms with Gasteiger partial charge in [0.2, 0.25) is 0 Å². The zero-order valence-electron chi connectivity index (χ0n) is 15.9. The Morgan fingerprint density at radius 3 is 2.53 bits per heavy atom. The van der Waals surface area contributed by atoms with E-state index in [0.29, 0.717) is 5.56 Å². The van der Waals surface area contributed by atoms with Gasteiger partial charge in [-0.15, -0.1) is 0 Å². The summed E-state index contributed by atoms with van der Waals surface area (Å²) in [7, 11) is 0. The number of nitrogens with one attached hydrogen (secondary N) is 1. The maximum Gasteiger partial charge on any atom is 0.288 e. The summed E-state index contributed by atoms with van der Waals surface area (Å²) in [6.45, 7) is 0. The van der Waals surface area contributed by atoms with Gasteiger partial charge < -0.3 is 4.42 Å². The molecule has 0 bridgehead atoms. The second-order valence-electron chi connectivity index (χ2n) is 6.56. The second kappa shape index (κ2) is 8.33. The maximum absolute atomic E-state index is 13.2. The van der Waals surface area contributed by atoms with Gasteiger partial charge in [-0.1, -0.05) is 11.6 Å². The number of hydrogen-bond donors (Lipinski definition) is 1. The van der Waals surface area contributed by atoms with E-state index in [1.807, 2.05) is 0 Å². The van der Waals surface area contributed by atoms with Gasteiger partial charge in [-0.25, -0.2) is 4.39 Å². The molecule has 3 aromatic rings. The number of thiocarbonyl (C=S) groups is 1. The zero-order chi connectivity index (χ0) is 23.0. The van der Waals surface area contributed by atoms with Crippen molar-refractivity contribution in [2.24, 2.45) is 0 Å². The molecule has 160 valence electrons. The fourth-order valence-electron chi connectivity index (χ4n) is 3.02. The minimum Gasteiger partial charge on any atom is -0.457 e. The molecule has 1 saturated heterocycles. The number of rotatable bonds is 4. The molecular formula is C21H11ClFN3O5S. The Kier molecular flexibility index (Phi) is 5.56. The van der Waals surface area contributed by atoms with E-state index in [1.54, 1.807) is 0 Å². The largest absolute Gasteiger partial charge is 0.457 e. The molecule has 1 N–H and O–H groups in total. The van der Waals surface area contributed by atoms with Gasteiger partial charge in [-0.05, 0) is 66.8 Å². The van der Waals surface area contributed by atoms with Gasteiger partial charge in [0.1, 0.15) is 27.9 Å². The monoisotopic (exact) mass is 471 g/mol. The number of benzene rings is 2. The fourth-order valence-corrected chi connectivity index (χ4v) is 3.48. The zero-order valence-corrected chi connectivity index (χ0v) is 17.4. The van der Waals surface area contributed by atoms with Crippen LogP contribution in [0.5, 0.6) is 0 Å². The van der Waals surface area contributed by atoms with Crippen LogP contribution in [0.25, 0.3) is 17.4 Å². The Morgan fingerprint density at radius 2 is 1.84 bits per heavy atom. The van der Waals surface area contributed by atoms with Gasteiger partial charge >= 0.3 is 0 Å². The summed E-state index contributed by atoms with van der Waals surface area (Å²) in [5.41, 5.74) is 0.122. The van der Waals surface area contributed by atoms with E-state index >= 15 is 0 Å². The van der Waals surface area contributed by atoms with Crippen LogP contribution in [0.3, 0.4) is 0 Å². The van der Waals surface area contributed by atoms with Crippen LogP contribution in [0.1, 0.15) is 5.76 Å². The van der Waals surface area contributed by atoms with Crippen molar-refractivity contribution < 1.29 is 23.3 Å². The summed E-state index contributed by atoms with van der Waals surface area (Å²) in [6.07, 6.45) is 1.23. The molecule has 32 heavy (non-hydrogen) atoms. The summed E-state index contributed by atoms with van der Waals surface area (Å²) in [4.78, 5) is 36.9. The van der Waals surface area contributed by atoms with E-state index in [-0.39, 0.29) is 38.6 Å². The SMILES string of the molecule is O=C1NC(=S)N(c2ccc(F)cc2)C(=O)C1=Cc1ccc(-c2ccc(Cl)c([N+](=O)[O-])c2)o1. The summed E-state index contributed by atoms with van der Waals surface area (Å²) in [6, 6.07) is 12.2. The summed E-state index contributed by atoms with van der Waals surface area (Å²) < 4.78 is 18.9. The minimum absolute atomic E-state index is 0.0195. The van der Waals surface area contributed by atoms with Crippen molar-refractivity contribution in [3.8, 4) is 11.3 Å². The Labute approximate surface area is 190 Å². The third-order valence-electron chi connectivity index (χ3n) is 4.53. The highest BCUT2D eigenvalue weighted by molar-refractivity contribution is 7.80. The van der Waals surface area contributed by atoms with Crippen LogP contribution < -0.4 is 10.2 Å². The number of carbonyl (C=O) groups excluding carboxylic acids is 2. The van der Waals surface area contributed by atoms with Crippen LogP contribution in [-0.4, -0.2) is 21.9 Å². The van der Waals surface area contributed by atoms with Crippen molar-refractivity contribution in [3.63, 3.8) is 0 Å². The standard InChI is InChI=1S/C21H11ClFN3O5S/c22-16-7-1-11(9-17(16)26(29)30)18-8-6-14(31-18)10-15-19(27)24-21(32)25(20(15)28)13-4-2-12(23)3-5-13/h1-10H,(H,24,27,32). The minimum atomic E-state index is -0.724. The van der Waals surface area contributed by atoms with Crippen molar-refractivity contribution in [2.75, 3.05) is 4.90 Å². The quantitative estimate of drug-likeness (QED) is 0.198. The Hall–Kier alpha value is -3.89. The molecule has 0 spiro atoms. The molecule has 8 nitrogen and oxygen atoms in total. The van der Waals surface area contributed by atoms with Gasteiger partial charge in [-0.2, -0.15) is 0 Å². The predicted molar refractivity (Wildman–Crippen MR) is 118 cm³/mol. The molecule has 0 aliphatic carbocycles. The summed E-state index contributed by atoms with van der Waals surface area (Å²) >= 11 is 10.9. The highest BCUT2D eigenvalue weighted by Gasteiger charge is 2.34. The summed E-state index contributed by atoms with van der Waals surface area (Å²) in [5.74, 6) is -1.51. The molecule has 1 aliphatic heterocycles. The molecule has 0 unspecified atom stereocenters. The lowest BCUT2D eigenvalue weighted by Crippen LogP contribution is -2.54. The van der Waals surface area contributed by atoms with Crippen LogP contribution >= 0.6 is 23.8 Å². The van der Waals surface area contributed by atoms with Crippen molar-refractivity contribution in [2.45, 2.75) is 0 Å². The third-order valence-corrected chi connectivity index (χ3v) is 5.13. The number of amides is 2. The summed E-state index contributed by atoms with van der Waals surface area (Å²) in [5, 5.41) is 13.4. The predicted octanol–water partition coefficient (Wildman–Crippen LogP) is 4.48. The van der Waals surface area contributed by atoms with E-state index in [0.717, 1.165) is 17.0 Å². The van der Waals surface area contributed by atoms with Crippen LogP contribution in [0.2, 0.25) is 5.02 Å². The van der Waals surface area contributed by atoms with Crippen LogP contribution in [0.4, 0.5) is 15.8 Å². The number of carbonyl (C=O) groups is 2. The molecule has 1 aromatic heterocycles. The highest BCUT2D eigenvalue weighted by Crippen LogP contribution is 2.32. The van der Waals surface area contributed by atoms with Crippen molar-refractivity contribution in [1.29, 1.82) is 0 Å². The first-order valence-electron chi connectivity index (χ1n) is 8.96. The highest BCUT2D eigenvalue weighted by atomic mass is 35.5. The number of nitrogens with zero attached hydrogens (tertiary/aromatic N) is 2. The van der Waals surface area contributed by atoms with E-state index in [9.17, 15) is 24.1 Å². The molecule has 1 aliphatic rings. The van der Waals surface area contributed by atoms with E-state index < -0.39 is 22.6 Å². The lowest BCUT2D eigenvalue weighted by atomic mass is 10.1.